The molecule has 2 rings (SSSR count). The van der Waals surface area contributed by atoms with Crippen molar-refractivity contribution in [2.75, 3.05) is 7.05 Å². The van der Waals surface area contributed by atoms with Crippen LogP contribution in [0.15, 0.2) is 12.4 Å². The number of aryl methyl sites for hydroxylation is 1. The van der Waals surface area contributed by atoms with E-state index in [1.807, 2.05) is 20.3 Å². The third-order valence-corrected chi connectivity index (χ3v) is 3.60. The summed E-state index contributed by atoms with van der Waals surface area (Å²) in [7, 11) is 3.71. The summed E-state index contributed by atoms with van der Waals surface area (Å²) in [5.41, 5.74) is 1.10. The number of hydrogen-bond acceptors (Lipinski definition) is 2. The van der Waals surface area contributed by atoms with Crippen LogP contribution in [-0.4, -0.2) is 28.8 Å². The van der Waals surface area contributed by atoms with E-state index in [4.69, 9.17) is 0 Å². The van der Waals surface area contributed by atoms with Gasteiger partial charge in [-0.1, -0.05) is 0 Å². The van der Waals surface area contributed by atoms with Crippen LogP contribution in [0.2, 0.25) is 0 Å². The minimum absolute atomic E-state index is 0.0127. The Bertz CT molecular complexity index is 376. The molecule has 0 aliphatic heterocycles. The van der Waals surface area contributed by atoms with Gasteiger partial charge in [0.15, 0.2) is 0 Å². The van der Waals surface area contributed by atoms with E-state index >= 15 is 0 Å². The van der Waals surface area contributed by atoms with Gasteiger partial charge in [0.1, 0.15) is 0 Å². The topological polar surface area (TPSA) is 29.9 Å². The van der Waals surface area contributed by atoms with Crippen molar-refractivity contribution < 1.29 is 8.78 Å². The van der Waals surface area contributed by atoms with Crippen molar-refractivity contribution in [2.45, 2.75) is 37.6 Å². The second-order valence-corrected chi connectivity index (χ2v) is 4.98. The molecule has 17 heavy (non-hydrogen) atoms. The summed E-state index contributed by atoms with van der Waals surface area (Å²) < 4.78 is 28.1. The monoisotopic (exact) mass is 243 g/mol. The second kappa shape index (κ2) is 4.72. The molecule has 5 heteroatoms. The van der Waals surface area contributed by atoms with E-state index < -0.39 is 5.92 Å². The molecule has 1 aromatic rings. The highest BCUT2D eigenvalue weighted by molar-refractivity contribution is 5.07. The predicted molar refractivity (Wildman–Crippen MR) is 62.0 cm³/mol. The Kier molecular flexibility index (Phi) is 3.47. The van der Waals surface area contributed by atoms with Gasteiger partial charge in [0, 0.05) is 32.1 Å². The maximum Gasteiger partial charge on any atom is 0.248 e. The first-order chi connectivity index (χ1) is 8.00. The standard InChI is InChI=1S/C12H19F2N3/c1-15-11(5-9-7-16-17(2)8-9)10-3-4-12(13,14)6-10/h7-8,10-11,15H,3-6H2,1-2H3. The molecule has 2 atom stereocenters. The normalized spacial score (nSPS) is 25.1. The first kappa shape index (κ1) is 12.5. The lowest BCUT2D eigenvalue weighted by molar-refractivity contribution is 0.00343. The van der Waals surface area contributed by atoms with Gasteiger partial charge in [-0.3, -0.25) is 4.68 Å². The Balaban J connectivity index is 1.98. The number of likely N-dealkylation sites (N-methyl/N-ethyl adjacent to an activating group) is 1. The van der Waals surface area contributed by atoms with Crippen LogP contribution < -0.4 is 5.32 Å². The zero-order chi connectivity index (χ0) is 12.5. The molecule has 1 aliphatic rings. The van der Waals surface area contributed by atoms with Crippen molar-refractivity contribution in [2.24, 2.45) is 13.0 Å². The summed E-state index contributed by atoms with van der Waals surface area (Å²) in [4.78, 5) is 0. The summed E-state index contributed by atoms with van der Waals surface area (Å²) in [6.07, 6.45) is 5.17. The fraction of sp³-hybridized carbons (Fsp3) is 0.750. The van der Waals surface area contributed by atoms with Gasteiger partial charge < -0.3 is 5.32 Å². The van der Waals surface area contributed by atoms with Crippen LogP contribution in [0.3, 0.4) is 0 Å². The third-order valence-electron chi connectivity index (χ3n) is 3.60. The number of aromatic nitrogens is 2. The van der Waals surface area contributed by atoms with Gasteiger partial charge in [-0.05, 0) is 31.4 Å². The van der Waals surface area contributed by atoms with Crippen molar-refractivity contribution in [3.63, 3.8) is 0 Å². The fourth-order valence-corrected chi connectivity index (χ4v) is 2.66. The van der Waals surface area contributed by atoms with E-state index in [1.54, 1.807) is 10.9 Å². The number of rotatable bonds is 4. The summed E-state index contributed by atoms with van der Waals surface area (Å²) in [5.74, 6) is -2.40. The van der Waals surface area contributed by atoms with Crippen LogP contribution in [0, 0.1) is 5.92 Å². The molecule has 0 radical (unpaired) electrons. The average molecular weight is 243 g/mol. The summed E-state index contributed by atoms with van der Waals surface area (Å²) in [5, 5.41) is 7.27. The maximum absolute atomic E-state index is 13.2. The van der Waals surface area contributed by atoms with E-state index in [9.17, 15) is 8.78 Å². The molecule has 1 aromatic heterocycles. The van der Waals surface area contributed by atoms with E-state index in [2.05, 4.69) is 10.4 Å². The Labute approximate surface area is 100 Å². The van der Waals surface area contributed by atoms with E-state index in [1.165, 1.54) is 0 Å². The molecule has 0 aromatic carbocycles. The lowest BCUT2D eigenvalue weighted by Crippen LogP contribution is -2.35. The first-order valence-electron chi connectivity index (χ1n) is 6.03. The van der Waals surface area contributed by atoms with Crippen molar-refractivity contribution >= 4 is 0 Å². The third kappa shape index (κ3) is 3.03. The highest BCUT2D eigenvalue weighted by Crippen LogP contribution is 2.40. The molecule has 0 spiro atoms. The van der Waals surface area contributed by atoms with Crippen LogP contribution in [0.5, 0.6) is 0 Å². The van der Waals surface area contributed by atoms with Gasteiger partial charge in [0.25, 0.3) is 0 Å². The van der Waals surface area contributed by atoms with Crippen molar-refractivity contribution in [3.05, 3.63) is 18.0 Å². The zero-order valence-corrected chi connectivity index (χ0v) is 10.3. The number of nitrogens with one attached hydrogen (secondary N) is 1. The minimum atomic E-state index is -2.46. The van der Waals surface area contributed by atoms with Crippen molar-refractivity contribution in [1.82, 2.24) is 15.1 Å². The summed E-state index contributed by atoms with van der Waals surface area (Å²) >= 11 is 0. The molecule has 0 amide bonds. The molecule has 1 heterocycles. The van der Waals surface area contributed by atoms with Gasteiger partial charge >= 0.3 is 0 Å². The maximum atomic E-state index is 13.2. The fourth-order valence-electron chi connectivity index (χ4n) is 2.66. The molecular weight excluding hydrogens is 224 g/mol. The van der Waals surface area contributed by atoms with Crippen LogP contribution in [0.4, 0.5) is 8.78 Å². The van der Waals surface area contributed by atoms with Crippen LogP contribution in [-0.2, 0) is 13.5 Å². The largest absolute Gasteiger partial charge is 0.316 e. The van der Waals surface area contributed by atoms with Crippen LogP contribution in [0.1, 0.15) is 24.8 Å². The van der Waals surface area contributed by atoms with E-state index in [0.717, 1.165) is 12.0 Å². The molecule has 1 saturated carbocycles. The molecule has 96 valence electrons. The first-order valence-corrected chi connectivity index (χ1v) is 6.03. The Morgan fingerprint density at radius 1 is 1.65 bits per heavy atom. The minimum Gasteiger partial charge on any atom is -0.316 e. The molecule has 3 nitrogen and oxygen atoms in total. The quantitative estimate of drug-likeness (QED) is 0.876. The van der Waals surface area contributed by atoms with Crippen LogP contribution in [0.25, 0.3) is 0 Å². The van der Waals surface area contributed by atoms with E-state index in [-0.39, 0.29) is 24.8 Å². The Morgan fingerprint density at radius 2 is 2.41 bits per heavy atom. The van der Waals surface area contributed by atoms with Gasteiger partial charge in [-0.15, -0.1) is 0 Å². The molecule has 1 aliphatic carbocycles. The number of alkyl halides is 2. The SMILES string of the molecule is CNC(Cc1cnn(C)c1)C1CCC(F)(F)C1. The van der Waals surface area contributed by atoms with Gasteiger partial charge in [-0.2, -0.15) is 5.10 Å². The molecule has 0 saturated heterocycles. The lowest BCUT2D eigenvalue weighted by Gasteiger charge is -2.22. The van der Waals surface area contributed by atoms with Crippen molar-refractivity contribution in [1.29, 1.82) is 0 Å². The summed E-state index contributed by atoms with van der Waals surface area (Å²) in [6.45, 7) is 0. The Morgan fingerprint density at radius 3 is 2.88 bits per heavy atom. The van der Waals surface area contributed by atoms with Gasteiger partial charge in [-0.25, -0.2) is 8.78 Å². The second-order valence-electron chi connectivity index (χ2n) is 4.98. The highest BCUT2D eigenvalue weighted by atomic mass is 19.3. The zero-order valence-electron chi connectivity index (χ0n) is 10.3. The van der Waals surface area contributed by atoms with E-state index in [0.29, 0.717) is 6.42 Å². The van der Waals surface area contributed by atoms with Crippen LogP contribution >= 0.6 is 0 Å². The average Bonchev–Trinajstić information content (AvgIpc) is 2.81. The molecular formula is C12H19F2N3. The number of hydrogen-bond donors (Lipinski definition) is 1. The molecule has 2 unspecified atom stereocenters. The number of nitrogens with zero attached hydrogens (tertiary/aromatic N) is 2. The number of halogens is 2. The predicted octanol–water partition coefficient (Wildman–Crippen LogP) is 1.99. The lowest BCUT2D eigenvalue weighted by atomic mass is 9.93. The Hall–Kier alpha value is -0.970. The van der Waals surface area contributed by atoms with Gasteiger partial charge in [0.05, 0.1) is 6.20 Å². The smallest absolute Gasteiger partial charge is 0.248 e. The highest BCUT2D eigenvalue weighted by Gasteiger charge is 2.42. The van der Waals surface area contributed by atoms with Crippen molar-refractivity contribution in [3.8, 4) is 0 Å². The summed E-state index contributed by atoms with van der Waals surface area (Å²) in [6, 6.07) is 0.118. The molecule has 1 fully saturated rings. The molecule has 1 N–H and O–H groups in total. The molecule has 0 bridgehead atoms. The van der Waals surface area contributed by atoms with Gasteiger partial charge in [0.2, 0.25) is 5.92 Å².